The minimum atomic E-state index is -0.692. The molecule has 0 bridgehead atoms. The first-order valence-corrected chi connectivity index (χ1v) is 41.9. The number of para-hydroxylation sites is 10. The molecule has 126 heavy (non-hydrogen) atoms. The van der Waals surface area contributed by atoms with Crippen LogP contribution in [0, 0.1) is 52.2 Å². The smallest absolute Gasteiger partial charge is 0.252 e. The van der Waals surface area contributed by atoms with Crippen LogP contribution in [0.3, 0.4) is 0 Å². The number of nitriles is 3. The number of hydrogen-bond acceptors (Lipinski definition) is 7. The molecule has 0 N–H and O–H groups in total. The molecule has 2 aromatic heterocycles. The summed E-state index contributed by atoms with van der Waals surface area (Å²) in [6, 6.07) is 143. The predicted octanol–water partition coefficient (Wildman–Crippen LogP) is 24.8. The Morgan fingerprint density at radius 1 is 0.254 bits per heavy atom. The van der Waals surface area contributed by atoms with E-state index in [1.54, 1.807) is 30.3 Å². The van der Waals surface area contributed by atoms with E-state index in [2.05, 4.69) is 355 Å². The number of hydrogen-bond donors (Lipinski definition) is 0. The topological polar surface area (TPSA) is 98.5 Å². The lowest BCUT2D eigenvalue weighted by Crippen LogP contribution is -2.61. The first kappa shape index (κ1) is 73.8. The molecule has 0 atom stereocenters. The minimum absolute atomic E-state index is 0.00253. The third-order valence-electron chi connectivity index (χ3n) is 25.3. The van der Waals surface area contributed by atoms with E-state index in [1.165, 1.54) is 51.0 Å². The van der Waals surface area contributed by atoms with Crippen LogP contribution >= 0.6 is 0 Å². The zero-order valence-corrected chi connectivity index (χ0v) is 67.5. The van der Waals surface area contributed by atoms with E-state index in [0.717, 1.165) is 145 Å². The molecule has 0 aliphatic carbocycles. The van der Waals surface area contributed by atoms with E-state index in [4.69, 9.17) is 6.57 Å². The van der Waals surface area contributed by atoms with Gasteiger partial charge in [-0.25, -0.2) is 13.6 Å². The maximum atomic E-state index is 15.6. The highest BCUT2D eigenvalue weighted by atomic mass is 19.1. The molecular weight excluding hydrogens is 1540 g/mol. The lowest BCUT2D eigenvalue weighted by Gasteiger charge is -2.44. The van der Waals surface area contributed by atoms with Gasteiger partial charge < -0.3 is 28.7 Å². The summed E-state index contributed by atoms with van der Waals surface area (Å²) in [7, 11) is 0. The summed E-state index contributed by atoms with van der Waals surface area (Å²) < 4.78 is 35.4. The van der Waals surface area contributed by atoms with Gasteiger partial charge in [0.1, 0.15) is 11.6 Å². The van der Waals surface area contributed by atoms with Gasteiger partial charge in [0.2, 0.25) is 0 Å². The molecule has 14 heteroatoms. The molecule has 0 saturated carbocycles. The number of nitrogens with zero attached hydrogens (tertiary/aromatic N) is 10. The molecule has 0 radical (unpaired) electrons. The van der Waals surface area contributed by atoms with Crippen LogP contribution in [0.1, 0.15) is 16.7 Å². The van der Waals surface area contributed by atoms with Gasteiger partial charge in [-0.2, -0.15) is 15.8 Å². The zero-order valence-electron chi connectivity index (χ0n) is 67.5. The molecule has 0 saturated heterocycles. The number of halogens is 2. The summed E-state index contributed by atoms with van der Waals surface area (Å²) in [6.07, 6.45) is 0. The van der Waals surface area contributed by atoms with Crippen molar-refractivity contribution in [3.05, 3.63) is 440 Å². The van der Waals surface area contributed by atoms with Gasteiger partial charge in [-0.1, -0.05) is 206 Å². The summed E-state index contributed by atoms with van der Waals surface area (Å²) in [5, 5.41) is 33.7. The van der Waals surface area contributed by atoms with Gasteiger partial charge in [0.25, 0.3) is 13.4 Å². The van der Waals surface area contributed by atoms with Crippen LogP contribution in [0.4, 0.5) is 82.7 Å². The van der Waals surface area contributed by atoms with Crippen molar-refractivity contribution in [1.82, 2.24) is 9.13 Å². The fourth-order valence-electron chi connectivity index (χ4n) is 20.1. The highest BCUT2D eigenvalue weighted by Gasteiger charge is 2.46. The van der Waals surface area contributed by atoms with Crippen LogP contribution in [-0.2, 0) is 0 Å². The van der Waals surface area contributed by atoms with Gasteiger partial charge >= 0.3 is 0 Å². The lowest BCUT2D eigenvalue weighted by molar-refractivity contribution is 0.589. The largest absolute Gasteiger partial charge is 0.311 e. The molecule has 0 spiro atoms. The van der Waals surface area contributed by atoms with Crippen LogP contribution in [-0.4, -0.2) is 22.6 Å². The third kappa shape index (κ3) is 11.7. The van der Waals surface area contributed by atoms with Crippen LogP contribution in [0.15, 0.2) is 400 Å². The molecule has 18 aromatic carbocycles. The Labute approximate surface area is 726 Å². The van der Waals surface area contributed by atoms with E-state index in [0.29, 0.717) is 39.2 Å². The van der Waals surface area contributed by atoms with Crippen LogP contribution in [0.5, 0.6) is 0 Å². The van der Waals surface area contributed by atoms with E-state index >= 15 is 8.78 Å². The van der Waals surface area contributed by atoms with Crippen LogP contribution < -0.4 is 52.4 Å². The molecule has 24 rings (SSSR count). The maximum Gasteiger partial charge on any atom is 0.252 e. The molecule has 10 nitrogen and oxygen atoms in total. The average Bonchev–Trinajstić information content (AvgIpc) is 0.900. The van der Waals surface area contributed by atoms with Crippen molar-refractivity contribution in [3.63, 3.8) is 0 Å². The standard InChI is InChI=1S/C57H33BN6.C55H33BF2N4/c1-61-49-31-38(36-60)24-27-43(49)45-30-37(35-59)25-28-51(45)64-50-21-11-8-18-44(50)46-32-39(26-29-52(46)64)40-33-55-57-56(34-40)63(42-16-6-3-7-17-42)54-23-13-10-20-48(54)58(57)47-19-9-12-22-53(47)62(55)41-14-4-2-5-15-41;57-45-21-13-22-46(58)54(45)42-30-35(34-59)26-28-49(42)62-47-23-10-7-18-40(47)41-31-36(27-29-48(41)62)37-32-52-55-53(33-37)61(39-16-5-2-6-17-39)51-25-12-9-20-44(51)56(55)43-19-8-11-24-50(43)60(52)38-14-3-1-4-15-38/h2-34H;1-33H. The molecule has 4 aliphatic rings. The van der Waals surface area contributed by atoms with E-state index in [1.807, 2.05) is 48.5 Å². The Morgan fingerprint density at radius 3 is 0.960 bits per heavy atom. The number of benzene rings is 18. The summed E-state index contributed by atoms with van der Waals surface area (Å²) >= 11 is 0. The fourth-order valence-corrected chi connectivity index (χ4v) is 20.1. The molecule has 0 amide bonds. The van der Waals surface area contributed by atoms with Crippen LogP contribution in [0.2, 0.25) is 0 Å². The number of aromatic nitrogens is 2. The van der Waals surface area contributed by atoms with Gasteiger partial charge in [-0.15, -0.1) is 0 Å². The third-order valence-corrected chi connectivity index (χ3v) is 25.3. The molecule has 6 heterocycles. The van der Waals surface area contributed by atoms with Crippen molar-refractivity contribution in [2.24, 2.45) is 0 Å². The second-order valence-electron chi connectivity index (χ2n) is 32.1. The second kappa shape index (κ2) is 29.8. The van der Waals surface area contributed by atoms with E-state index in [9.17, 15) is 15.8 Å². The number of anilines is 12. The summed E-state index contributed by atoms with van der Waals surface area (Å²) in [5.74, 6) is -1.38. The summed E-state index contributed by atoms with van der Waals surface area (Å²) in [6.45, 7) is 8.08. The molecule has 4 aliphatic heterocycles. The Kier molecular flexibility index (Phi) is 17.5. The summed E-state index contributed by atoms with van der Waals surface area (Å²) in [4.78, 5) is 13.5. The monoisotopic (exact) mass is 1610 g/mol. The van der Waals surface area contributed by atoms with Crippen molar-refractivity contribution >= 4 is 164 Å². The average molecular weight is 1610 g/mol. The minimum Gasteiger partial charge on any atom is -0.311 e. The van der Waals surface area contributed by atoms with Crippen molar-refractivity contribution in [3.8, 4) is 74.1 Å². The van der Waals surface area contributed by atoms with Gasteiger partial charge in [-0.05, 0) is 260 Å². The van der Waals surface area contributed by atoms with Gasteiger partial charge in [0.05, 0.1) is 74.9 Å². The maximum absolute atomic E-state index is 15.6. The Hall–Kier alpha value is -17.3. The van der Waals surface area contributed by atoms with Gasteiger partial charge in [0.15, 0.2) is 5.69 Å². The highest BCUT2D eigenvalue weighted by molar-refractivity contribution is 7.01. The van der Waals surface area contributed by atoms with Crippen molar-refractivity contribution in [2.75, 3.05) is 19.6 Å². The van der Waals surface area contributed by atoms with Crippen LogP contribution in [0.25, 0.3) is 104 Å². The summed E-state index contributed by atoms with van der Waals surface area (Å²) in [5.41, 5.74) is 33.5. The van der Waals surface area contributed by atoms with E-state index in [-0.39, 0.29) is 19.0 Å². The second-order valence-corrected chi connectivity index (χ2v) is 32.1. The molecule has 0 fully saturated rings. The molecule has 0 unspecified atom stereocenters. The van der Waals surface area contributed by atoms with Crippen molar-refractivity contribution < 1.29 is 8.78 Å². The zero-order chi connectivity index (χ0) is 84.4. The first-order valence-electron chi connectivity index (χ1n) is 41.9. The normalized spacial score (nSPS) is 12.4. The number of fused-ring (bicyclic) bond motifs is 14. The fraction of sp³-hybridized carbons (Fsp3) is 0. The van der Waals surface area contributed by atoms with E-state index < -0.39 is 11.6 Å². The quantitative estimate of drug-likeness (QED) is 0.0993. The molecule has 20 aromatic rings. The first-order chi connectivity index (χ1) is 62.2. The Morgan fingerprint density at radius 2 is 0.579 bits per heavy atom. The molecule has 584 valence electrons. The lowest BCUT2D eigenvalue weighted by atomic mass is 9.33. The highest BCUT2D eigenvalue weighted by Crippen LogP contribution is 2.51. The predicted molar refractivity (Wildman–Crippen MR) is 512 cm³/mol. The Bertz CT molecular complexity index is 7880. The molecular formula is C112H66B2F2N10. The van der Waals surface area contributed by atoms with Crippen molar-refractivity contribution in [2.45, 2.75) is 0 Å². The van der Waals surface area contributed by atoms with Gasteiger partial charge in [-0.3, -0.25) is 0 Å². The number of rotatable bonds is 10. The SMILES string of the molecule is N#Cc1ccc(-n2c3ccccc3c3cc(-c4cc5c6c(c4)N(c4ccccc4)c4ccccc4B6c4ccccc4N5c4ccccc4)ccc32)c(-c2c(F)cccc2F)c1.[C-]#[N+]c1cc(C#N)ccc1-c1cc(C#N)ccc1-n1c2ccccc2c2cc(-c3cc4c5c(c3)N(c3ccccc3)c3ccccc3B5c3ccccc3N4c3ccccc3)ccc21. The van der Waals surface area contributed by atoms with Crippen molar-refractivity contribution in [1.29, 1.82) is 15.8 Å². The Balaban J connectivity index is 0.000000145. The van der Waals surface area contributed by atoms with Gasteiger partial charge in [0, 0.05) is 101 Å².